The van der Waals surface area contributed by atoms with E-state index in [9.17, 15) is 13.2 Å². The predicted octanol–water partition coefficient (Wildman–Crippen LogP) is 0.752. The van der Waals surface area contributed by atoms with Crippen LogP contribution in [-0.2, 0) is 14.6 Å². The highest BCUT2D eigenvalue weighted by molar-refractivity contribution is 7.91. The largest absolute Gasteiger partial charge is 0.370 e. The molecule has 1 aliphatic heterocycles. The summed E-state index contributed by atoms with van der Waals surface area (Å²) in [7, 11) is -3.22. The summed E-state index contributed by atoms with van der Waals surface area (Å²) in [5.41, 5.74) is 6.08. The number of rotatable bonds is 7. The Kier molecular flexibility index (Phi) is 6.26. The number of anilines is 1. The van der Waals surface area contributed by atoms with E-state index in [4.69, 9.17) is 17.3 Å². The maximum Gasteiger partial charge on any atom is 0.218 e. The summed E-state index contributed by atoms with van der Waals surface area (Å²) in [5, 5.41) is 0.713. The molecule has 2 rings (SSSR count). The first-order valence-electron chi connectivity index (χ1n) is 7.57. The number of halogens is 1. The van der Waals surface area contributed by atoms with E-state index in [0.717, 1.165) is 31.9 Å². The molecule has 6 nitrogen and oxygen atoms in total. The number of hydrogen-bond acceptors (Lipinski definition) is 5. The molecule has 128 valence electrons. The molecule has 0 aliphatic carbocycles. The molecule has 1 aromatic carbocycles. The van der Waals surface area contributed by atoms with Gasteiger partial charge in [0.25, 0.3) is 0 Å². The molecular weight excluding hydrogens is 338 g/mol. The molecule has 8 heteroatoms. The molecule has 1 amide bonds. The van der Waals surface area contributed by atoms with Gasteiger partial charge >= 0.3 is 0 Å². The highest BCUT2D eigenvalue weighted by Gasteiger charge is 2.20. The van der Waals surface area contributed by atoms with E-state index < -0.39 is 15.7 Å². The number of piperazine rings is 1. The van der Waals surface area contributed by atoms with Gasteiger partial charge in [-0.3, -0.25) is 9.69 Å². The Morgan fingerprint density at radius 3 is 2.48 bits per heavy atom. The Morgan fingerprint density at radius 1 is 1.17 bits per heavy atom. The summed E-state index contributed by atoms with van der Waals surface area (Å²) in [4.78, 5) is 15.0. The molecule has 23 heavy (non-hydrogen) atoms. The minimum Gasteiger partial charge on any atom is -0.370 e. The first-order chi connectivity index (χ1) is 10.9. The monoisotopic (exact) mass is 359 g/mol. The van der Waals surface area contributed by atoms with Crippen molar-refractivity contribution in [3.05, 3.63) is 29.3 Å². The number of primary amides is 1. The Morgan fingerprint density at radius 2 is 1.87 bits per heavy atom. The lowest BCUT2D eigenvalue weighted by Crippen LogP contribution is -2.47. The maximum absolute atomic E-state index is 11.8. The zero-order valence-electron chi connectivity index (χ0n) is 12.9. The zero-order chi connectivity index (χ0) is 16.9. The second-order valence-corrected chi connectivity index (χ2v) is 8.42. The van der Waals surface area contributed by atoms with Crippen LogP contribution in [0, 0.1) is 0 Å². The van der Waals surface area contributed by atoms with Gasteiger partial charge in [-0.2, -0.15) is 0 Å². The van der Waals surface area contributed by atoms with E-state index in [1.54, 1.807) is 0 Å². The van der Waals surface area contributed by atoms with Gasteiger partial charge in [0.15, 0.2) is 9.84 Å². The van der Waals surface area contributed by atoms with Crippen molar-refractivity contribution < 1.29 is 13.2 Å². The van der Waals surface area contributed by atoms with E-state index in [-0.39, 0.29) is 17.9 Å². The average molecular weight is 360 g/mol. The van der Waals surface area contributed by atoms with Crippen LogP contribution in [0.4, 0.5) is 5.69 Å². The van der Waals surface area contributed by atoms with Crippen LogP contribution in [-0.4, -0.2) is 63.5 Å². The minimum absolute atomic E-state index is 0.0669. The van der Waals surface area contributed by atoms with Gasteiger partial charge in [0.05, 0.1) is 11.5 Å². The third-order valence-corrected chi connectivity index (χ3v) is 5.79. The number of nitrogens with two attached hydrogens (primary N) is 1. The molecule has 1 aromatic rings. The molecule has 1 saturated heterocycles. The lowest BCUT2D eigenvalue weighted by atomic mass is 10.2. The van der Waals surface area contributed by atoms with Crippen LogP contribution in [0.5, 0.6) is 0 Å². The maximum atomic E-state index is 11.8. The summed E-state index contributed by atoms with van der Waals surface area (Å²) < 4.78 is 23.7. The van der Waals surface area contributed by atoms with Crippen molar-refractivity contribution in [2.75, 3.05) is 49.1 Å². The molecule has 0 saturated carbocycles. The lowest BCUT2D eigenvalue weighted by molar-refractivity contribution is -0.117. The van der Waals surface area contributed by atoms with Crippen molar-refractivity contribution in [3.8, 4) is 0 Å². The number of benzene rings is 1. The van der Waals surface area contributed by atoms with Gasteiger partial charge in [0.1, 0.15) is 0 Å². The third-order valence-electron chi connectivity index (χ3n) is 3.92. The van der Waals surface area contributed by atoms with Crippen LogP contribution in [0.2, 0.25) is 5.02 Å². The van der Waals surface area contributed by atoms with Crippen LogP contribution >= 0.6 is 11.6 Å². The molecule has 2 N–H and O–H groups in total. The highest BCUT2D eigenvalue weighted by Crippen LogP contribution is 2.20. The molecule has 1 aliphatic rings. The number of nitrogens with zero attached hydrogens (tertiary/aromatic N) is 2. The quantitative estimate of drug-likeness (QED) is 0.776. The van der Waals surface area contributed by atoms with Gasteiger partial charge in [0.2, 0.25) is 5.91 Å². The fourth-order valence-corrected chi connectivity index (χ4v) is 3.97. The first-order valence-corrected chi connectivity index (χ1v) is 9.77. The van der Waals surface area contributed by atoms with Crippen molar-refractivity contribution in [1.29, 1.82) is 0 Å². The standard InChI is InChI=1S/C15H22ClN3O3S/c16-13-2-1-3-14(12-13)19-7-5-18(6-8-19)9-11-23(21,22)10-4-15(17)20/h1-3,12H,4-11H2,(H2,17,20). The predicted molar refractivity (Wildman–Crippen MR) is 92.6 cm³/mol. The van der Waals surface area contributed by atoms with Crippen LogP contribution in [0.15, 0.2) is 24.3 Å². The van der Waals surface area contributed by atoms with Crippen LogP contribution in [0.3, 0.4) is 0 Å². The van der Waals surface area contributed by atoms with Crippen LogP contribution < -0.4 is 10.6 Å². The smallest absolute Gasteiger partial charge is 0.218 e. The van der Waals surface area contributed by atoms with Crippen molar-refractivity contribution in [2.24, 2.45) is 5.73 Å². The third kappa shape index (κ3) is 6.01. The molecule has 1 heterocycles. The van der Waals surface area contributed by atoms with Crippen LogP contribution in [0.1, 0.15) is 6.42 Å². The second-order valence-electron chi connectivity index (χ2n) is 5.68. The van der Waals surface area contributed by atoms with Gasteiger partial charge in [-0.05, 0) is 18.2 Å². The van der Waals surface area contributed by atoms with Gasteiger partial charge in [-0.1, -0.05) is 17.7 Å². The Bertz CT molecular complexity index is 643. The van der Waals surface area contributed by atoms with Gasteiger partial charge in [-0.15, -0.1) is 0 Å². The molecule has 1 fully saturated rings. The van der Waals surface area contributed by atoms with E-state index in [1.165, 1.54) is 0 Å². The van der Waals surface area contributed by atoms with Crippen molar-refractivity contribution in [3.63, 3.8) is 0 Å². The normalized spacial score (nSPS) is 16.5. The second kappa shape index (κ2) is 7.99. The summed E-state index contributed by atoms with van der Waals surface area (Å²) >= 11 is 6.01. The highest BCUT2D eigenvalue weighted by atomic mass is 35.5. The van der Waals surface area contributed by atoms with Crippen molar-refractivity contribution in [2.45, 2.75) is 6.42 Å². The molecule has 0 spiro atoms. The number of carbonyl (C=O) groups excluding carboxylic acids is 1. The van der Waals surface area contributed by atoms with Crippen LogP contribution in [0.25, 0.3) is 0 Å². The molecule has 0 bridgehead atoms. The van der Waals surface area contributed by atoms with Gasteiger partial charge in [0, 0.05) is 49.9 Å². The summed E-state index contributed by atoms with van der Waals surface area (Å²) in [5.74, 6) is -0.675. The number of carbonyl (C=O) groups is 1. The van der Waals surface area contributed by atoms with E-state index in [0.29, 0.717) is 11.6 Å². The SMILES string of the molecule is NC(=O)CCS(=O)(=O)CCN1CCN(c2cccc(Cl)c2)CC1. The average Bonchev–Trinajstić information content (AvgIpc) is 2.52. The number of amides is 1. The lowest BCUT2D eigenvalue weighted by Gasteiger charge is -2.36. The molecule has 0 atom stereocenters. The molecular formula is C15H22ClN3O3S. The number of hydrogen-bond donors (Lipinski definition) is 1. The van der Waals surface area contributed by atoms with Crippen molar-refractivity contribution in [1.82, 2.24) is 4.90 Å². The summed E-state index contributed by atoms with van der Waals surface area (Å²) in [6.45, 7) is 3.77. The Hall–Kier alpha value is -1.31. The van der Waals surface area contributed by atoms with E-state index in [1.807, 2.05) is 24.3 Å². The van der Waals surface area contributed by atoms with E-state index >= 15 is 0 Å². The molecule has 0 unspecified atom stereocenters. The van der Waals surface area contributed by atoms with Gasteiger partial charge in [-0.25, -0.2) is 8.42 Å². The zero-order valence-corrected chi connectivity index (χ0v) is 14.5. The fraction of sp³-hybridized carbons (Fsp3) is 0.533. The van der Waals surface area contributed by atoms with Crippen molar-refractivity contribution >= 4 is 33.0 Å². The minimum atomic E-state index is -3.22. The molecule has 0 aromatic heterocycles. The summed E-state index contributed by atoms with van der Waals surface area (Å²) in [6.07, 6.45) is -0.106. The molecule has 0 radical (unpaired) electrons. The Labute approximate surface area is 142 Å². The summed E-state index contributed by atoms with van der Waals surface area (Å²) in [6, 6.07) is 7.73. The van der Waals surface area contributed by atoms with E-state index in [2.05, 4.69) is 9.80 Å². The Balaban J connectivity index is 1.78. The van der Waals surface area contributed by atoms with Gasteiger partial charge < -0.3 is 10.6 Å². The number of sulfone groups is 1. The first kappa shape index (κ1) is 18.0. The topological polar surface area (TPSA) is 83.7 Å². The fourth-order valence-electron chi connectivity index (χ4n) is 2.53.